The van der Waals surface area contributed by atoms with E-state index in [9.17, 15) is 0 Å². The summed E-state index contributed by atoms with van der Waals surface area (Å²) >= 11 is 0. The first-order valence-electron chi connectivity index (χ1n) is 7.51. The van der Waals surface area contributed by atoms with Gasteiger partial charge in [-0.05, 0) is 24.3 Å². The van der Waals surface area contributed by atoms with E-state index in [0.29, 0.717) is 23.3 Å². The molecule has 5 aromatic rings. The fourth-order valence-corrected chi connectivity index (χ4v) is 2.54. The normalized spacial score (nSPS) is 11.2. The number of benzene rings is 1. The monoisotopic (exact) mass is 330 g/mol. The number of fused-ring (bicyclic) bond motifs is 1. The topological polar surface area (TPSA) is 95.7 Å². The lowest BCUT2D eigenvalue weighted by molar-refractivity contribution is 0.430. The third-order valence-corrected chi connectivity index (χ3v) is 3.72. The number of rotatable bonds is 3. The molecule has 4 heterocycles. The van der Waals surface area contributed by atoms with Crippen molar-refractivity contribution in [3.8, 4) is 28.9 Å². The molecule has 0 radical (unpaired) electrons. The molecule has 0 bridgehead atoms. The van der Waals surface area contributed by atoms with Crippen molar-refractivity contribution in [1.29, 1.82) is 0 Å². The molecule has 120 valence electrons. The number of hydrogen-bond acceptors (Lipinski definition) is 7. The maximum atomic E-state index is 5.77. The van der Waals surface area contributed by atoms with E-state index in [1.807, 2.05) is 30.3 Å². The number of para-hydroxylation sites is 1. The minimum atomic E-state index is 0.374. The molecule has 0 saturated heterocycles. The van der Waals surface area contributed by atoms with Gasteiger partial charge in [-0.2, -0.15) is 10.1 Å². The van der Waals surface area contributed by atoms with Crippen molar-refractivity contribution in [3.05, 3.63) is 61.3 Å². The highest BCUT2D eigenvalue weighted by Gasteiger charge is 2.15. The standard InChI is InChI=1S/C17H10N6O2/c1-2-4-13-11(3-1)7-14(24-13)16-21-17(25-22-16)12-5-6-19-15(8-12)23-10-18-9-20-23/h1-10H. The van der Waals surface area contributed by atoms with Crippen LogP contribution in [0.5, 0.6) is 0 Å². The molecule has 0 N–H and O–H groups in total. The van der Waals surface area contributed by atoms with Crippen molar-refractivity contribution in [2.45, 2.75) is 0 Å². The molecule has 4 aromatic heterocycles. The van der Waals surface area contributed by atoms with Crippen molar-refractivity contribution in [1.82, 2.24) is 29.9 Å². The van der Waals surface area contributed by atoms with Crippen LogP contribution in [-0.2, 0) is 0 Å². The Morgan fingerprint density at radius 1 is 1.04 bits per heavy atom. The third kappa shape index (κ3) is 2.36. The molecule has 0 amide bonds. The largest absolute Gasteiger partial charge is 0.453 e. The fourth-order valence-electron chi connectivity index (χ4n) is 2.54. The van der Waals surface area contributed by atoms with Crippen molar-refractivity contribution in [2.24, 2.45) is 0 Å². The maximum absolute atomic E-state index is 5.77. The second kappa shape index (κ2) is 5.38. The molecule has 0 fully saturated rings. The molecular weight excluding hydrogens is 320 g/mol. The molecular formula is C17H10N6O2. The van der Waals surface area contributed by atoms with Gasteiger partial charge in [-0.15, -0.1) is 0 Å². The molecule has 0 aliphatic rings. The smallest absolute Gasteiger partial charge is 0.258 e. The lowest BCUT2D eigenvalue weighted by Gasteiger charge is -1.99. The quantitative estimate of drug-likeness (QED) is 0.501. The van der Waals surface area contributed by atoms with Gasteiger partial charge in [-0.1, -0.05) is 23.4 Å². The van der Waals surface area contributed by atoms with E-state index in [1.54, 1.807) is 29.3 Å². The highest BCUT2D eigenvalue weighted by atomic mass is 16.5. The molecule has 0 aliphatic carbocycles. The van der Waals surface area contributed by atoms with Gasteiger partial charge in [0.05, 0.1) is 0 Å². The van der Waals surface area contributed by atoms with E-state index in [4.69, 9.17) is 8.94 Å². The highest BCUT2D eigenvalue weighted by molar-refractivity contribution is 5.81. The van der Waals surface area contributed by atoms with E-state index >= 15 is 0 Å². The molecule has 0 atom stereocenters. The van der Waals surface area contributed by atoms with Crippen LogP contribution in [0.15, 0.2) is 70.3 Å². The zero-order valence-electron chi connectivity index (χ0n) is 12.8. The van der Waals surface area contributed by atoms with Crippen molar-refractivity contribution in [3.63, 3.8) is 0 Å². The van der Waals surface area contributed by atoms with E-state index in [-0.39, 0.29) is 0 Å². The minimum absolute atomic E-state index is 0.374. The molecule has 0 unspecified atom stereocenters. The zero-order valence-corrected chi connectivity index (χ0v) is 12.8. The first kappa shape index (κ1) is 13.6. The summed E-state index contributed by atoms with van der Waals surface area (Å²) in [6.45, 7) is 0. The van der Waals surface area contributed by atoms with Crippen molar-refractivity contribution >= 4 is 11.0 Å². The Balaban J connectivity index is 1.53. The van der Waals surface area contributed by atoms with Gasteiger partial charge in [0.15, 0.2) is 11.6 Å². The Kier molecular flexibility index (Phi) is 2.93. The molecule has 0 saturated carbocycles. The predicted octanol–water partition coefficient (Wildman–Crippen LogP) is 3.13. The fraction of sp³-hybridized carbons (Fsp3) is 0. The average molecular weight is 330 g/mol. The van der Waals surface area contributed by atoms with Crippen molar-refractivity contribution < 1.29 is 8.94 Å². The molecule has 8 nitrogen and oxygen atoms in total. The first-order valence-corrected chi connectivity index (χ1v) is 7.51. The lowest BCUT2D eigenvalue weighted by Crippen LogP contribution is -1.97. The van der Waals surface area contributed by atoms with Gasteiger partial charge in [-0.3, -0.25) is 0 Å². The van der Waals surface area contributed by atoms with E-state index in [0.717, 1.165) is 16.5 Å². The van der Waals surface area contributed by atoms with Crippen LogP contribution in [0.2, 0.25) is 0 Å². The van der Waals surface area contributed by atoms with Gasteiger partial charge >= 0.3 is 0 Å². The second-order valence-electron chi connectivity index (χ2n) is 5.31. The zero-order chi connectivity index (χ0) is 16.6. The molecule has 0 aliphatic heterocycles. The van der Waals surface area contributed by atoms with Crippen LogP contribution in [0.25, 0.3) is 39.8 Å². The van der Waals surface area contributed by atoms with Gasteiger partial charge in [0.25, 0.3) is 5.89 Å². The summed E-state index contributed by atoms with van der Waals surface area (Å²) in [4.78, 5) is 12.6. The predicted molar refractivity (Wildman–Crippen MR) is 87.7 cm³/mol. The van der Waals surface area contributed by atoms with Crippen LogP contribution < -0.4 is 0 Å². The highest BCUT2D eigenvalue weighted by Crippen LogP contribution is 2.28. The summed E-state index contributed by atoms with van der Waals surface area (Å²) in [6.07, 6.45) is 4.66. The number of pyridine rings is 1. The van der Waals surface area contributed by atoms with Crippen LogP contribution in [0.1, 0.15) is 0 Å². The molecule has 5 rings (SSSR count). The Hall–Kier alpha value is -3.81. The number of aromatic nitrogens is 6. The summed E-state index contributed by atoms with van der Waals surface area (Å²) in [5.41, 5.74) is 1.51. The summed E-state index contributed by atoms with van der Waals surface area (Å²) < 4.78 is 12.7. The summed E-state index contributed by atoms with van der Waals surface area (Å²) in [5, 5.41) is 9.06. The SMILES string of the molecule is c1ccc2oc(-c3noc(-c4ccnc(-n5cncn5)c4)n3)cc2c1. The third-order valence-electron chi connectivity index (χ3n) is 3.72. The first-order chi connectivity index (χ1) is 12.4. The average Bonchev–Trinajstić information content (AvgIpc) is 3.41. The van der Waals surface area contributed by atoms with Crippen LogP contribution in [0.4, 0.5) is 0 Å². The van der Waals surface area contributed by atoms with Gasteiger partial charge in [0.2, 0.25) is 5.82 Å². The van der Waals surface area contributed by atoms with Gasteiger partial charge < -0.3 is 8.94 Å². The number of nitrogens with zero attached hydrogens (tertiary/aromatic N) is 6. The Labute approximate surface area is 140 Å². The Bertz CT molecular complexity index is 1130. The second-order valence-corrected chi connectivity index (χ2v) is 5.31. The van der Waals surface area contributed by atoms with Crippen molar-refractivity contribution in [2.75, 3.05) is 0 Å². The Morgan fingerprint density at radius 3 is 2.88 bits per heavy atom. The molecule has 8 heteroatoms. The minimum Gasteiger partial charge on any atom is -0.453 e. The Morgan fingerprint density at radius 2 is 2.00 bits per heavy atom. The summed E-state index contributed by atoms with van der Waals surface area (Å²) in [6, 6.07) is 13.2. The van der Waals surface area contributed by atoms with Gasteiger partial charge in [0, 0.05) is 17.1 Å². The van der Waals surface area contributed by atoms with E-state index in [2.05, 4.69) is 25.2 Å². The van der Waals surface area contributed by atoms with Gasteiger partial charge in [-0.25, -0.2) is 14.6 Å². The van der Waals surface area contributed by atoms with Crippen LogP contribution in [0, 0.1) is 0 Å². The van der Waals surface area contributed by atoms with Gasteiger partial charge in [0.1, 0.15) is 18.2 Å². The molecule has 25 heavy (non-hydrogen) atoms. The molecule has 0 spiro atoms. The van der Waals surface area contributed by atoms with Crippen LogP contribution in [0.3, 0.4) is 0 Å². The molecule has 1 aromatic carbocycles. The number of furan rings is 1. The van der Waals surface area contributed by atoms with Crippen LogP contribution in [-0.4, -0.2) is 29.9 Å². The van der Waals surface area contributed by atoms with Crippen LogP contribution >= 0.6 is 0 Å². The van der Waals surface area contributed by atoms with E-state index in [1.165, 1.54) is 6.33 Å². The number of hydrogen-bond donors (Lipinski definition) is 0. The van der Waals surface area contributed by atoms with E-state index < -0.39 is 0 Å². The summed E-state index contributed by atoms with van der Waals surface area (Å²) in [5.74, 6) is 1.93. The maximum Gasteiger partial charge on any atom is 0.258 e. The lowest BCUT2D eigenvalue weighted by atomic mass is 10.2. The summed E-state index contributed by atoms with van der Waals surface area (Å²) in [7, 11) is 0.